The van der Waals surface area contributed by atoms with Gasteiger partial charge in [0.05, 0.1) is 7.11 Å². The highest BCUT2D eigenvalue weighted by Gasteiger charge is 2.22. The number of ether oxygens (including phenoxy) is 1. The van der Waals surface area contributed by atoms with Crippen LogP contribution in [0.5, 0.6) is 0 Å². The Morgan fingerprint density at radius 3 is 2.56 bits per heavy atom. The fraction of sp³-hybridized carbons (Fsp3) is 0.500. The minimum atomic E-state index is -0.407. The number of nitrogens with one attached hydrogen (secondary N) is 1. The number of hydrogen-bond acceptors (Lipinski definition) is 3. The van der Waals surface area contributed by atoms with Crippen molar-refractivity contribution in [3.05, 3.63) is 35.4 Å². The molecule has 0 heterocycles. The molecular weight excluding hydrogens is 228 g/mol. The standard InChI is InChI=1S/C11H15N.C3H7NO2/c1-12(2)11-8-7-9-5-3-4-6-10(9)11;1-4-3(5)6-2/h3-6,11H,7-8H2,1-2H3;1-2H3,(H,4,5). The number of aryl methyl sites for hydroxylation is 1. The molecule has 1 aliphatic carbocycles. The van der Waals surface area contributed by atoms with Gasteiger partial charge in [-0.25, -0.2) is 4.79 Å². The predicted octanol–water partition coefficient (Wildman–Crippen LogP) is 2.21. The maximum absolute atomic E-state index is 9.85. The summed E-state index contributed by atoms with van der Waals surface area (Å²) in [6.07, 6.45) is 2.13. The third kappa shape index (κ3) is 3.74. The van der Waals surface area contributed by atoms with E-state index in [0.717, 1.165) is 0 Å². The summed E-state index contributed by atoms with van der Waals surface area (Å²) in [7, 11) is 7.14. The van der Waals surface area contributed by atoms with Gasteiger partial charge in [0.2, 0.25) is 0 Å². The predicted molar refractivity (Wildman–Crippen MR) is 72.7 cm³/mol. The van der Waals surface area contributed by atoms with Gasteiger partial charge in [-0.1, -0.05) is 24.3 Å². The first-order valence-corrected chi connectivity index (χ1v) is 6.10. The van der Waals surface area contributed by atoms with E-state index in [9.17, 15) is 4.79 Å². The molecule has 0 aliphatic heterocycles. The maximum Gasteiger partial charge on any atom is 0.406 e. The van der Waals surface area contributed by atoms with Crippen molar-refractivity contribution in [3.8, 4) is 0 Å². The van der Waals surface area contributed by atoms with Gasteiger partial charge in [0.25, 0.3) is 0 Å². The van der Waals surface area contributed by atoms with Crippen LogP contribution in [0.4, 0.5) is 4.79 Å². The monoisotopic (exact) mass is 250 g/mol. The van der Waals surface area contributed by atoms with Crippen molar-refractivity contribution in [2.45, 2.75) is 18.9 Å². The SMILES string of the molecule is CN(C)C1CCc2ccccc21.CNC(=O)OC. The van der Waals surface area contributed by atoms with Crippen LogP contribution in [0.2, 0.25) is 0 Å². The van der Waals surface area contributed by atoms with Crippen LogP contribution in [-0.4, -0.2) is 39.2 Å². The average molecular weight is 250 g/mol. The molecule has 0 spiro atoms. The van der Waals surface area contributed by atoms with Crippen LogP contribution in [0.3, 0.4) is 0 Å². The zero-order valence-corrected chi connectivity index (χ0v) is 11.6. The number of alkyl carbamates (subject to hydrolysis) is 1. The van der Waals surface area contributed by atoms with Gasteiger partial charge in [-0.15, -0.1) is 0 Å². The molecule has 1 atom stereocenters. The lowest BCUT2D eigenvalue weighted by molar-refractivity contribution is 0.173. The molecule has 1 unspecified atom stereocenters. The molecule has 1 aliphatic rings. The number of fused-ring (bicyclic) bond motifs is 1. The van der Waals surface area contributed by atoms with E-state index in [1.54, 1.807) is 0 Å². The molecule has 1 N–H and O–H groups in total. The van der Waals surface area contributed by atoms with Gasteiger partial charge in [-0.3, -0.25) is 0 Å². The molecule has 0 bridgehead atoms. The lowest BCUT2D eigenvalue weighted by Gasteiger charge is -2.19. The zero-order valence-electron chi connectivity index (χ0n) is 11.6. The van der Waals surface area contributed by atoms with Gasteiger partial charge in [0, 0.05) is 13.1 Å². The highest BCUT2D eigenvalue weighted by molar-refractivity contribution is 5.66. The highest BCUT2D eigenvalue weighted by atomic mass is 16.5. The Morgan fingerprint density at radius 1 is 1.39 bits per heavy atom. The molecule has 0 saturated carbocycles. The fourth-order valence-corrected chi connectivity index (χ4v) is 2.17. The number of hydrogen-bond donors (Lipinski definition) is 1. The first-order chi connectivity index (χ1) is 8.60. The summed E-state index contributed by atoms with van der Waals surface area (Å²) in [5.41, 5.74) is 3.07. The summed E-state index contributed by atoms with van der Waals surface area (Å²) < 4.78 is 4.15. The van der Waals surface area contributed by atoms with Crippen LogP contribution in [0.1, 0.15) is 23.6 Å². The highest BCUT2D eigenvalue weighted by Crippen LogP contribution is 2.33. The van der Waals surface area contributed by atoms with Crippen molar-refractivity contribution >= 4 is 6.09 Å². The number of methoxy groups -OCH3 is 1. The molecule has 2 rings (SSSR count). The van der Waals surface area contributed by atoms with Crippen molar-refractivity contribution in [2.75, 3.05) is 28.3 Å². The molecule has 1 aromatic rings. The average Bonchev–Trinajstić information content (AvgIpc) is 2.82. The van der Waals surface area contributed by atoms with E-state index in [2.05, 4.69) is 53.3 Å². The molecule has 18 heavy (non-hydrogen) atoms. The van der Waals surface area contributed by atoms with E-state index in [-0.39, 0.29) is 0 Å². The minimum absolute atomic E-state index is 0.407. The molecule has 0 fully saturated rings. The number of rotatable bonds is 1. The van der Waals surface area contributed by atoms with Crippen LogP contribution in [0.15, 0.2) is 24.3 Å². The zero-order chi connectivity index (χ0) is 13.5. The molecule has 0 radical (unpaired) electrons. The van der Waals surface area contributed by atoms with Gasteiger partial charge < -0.3 is 15.0 Å². The van der Waals surface area contributed by atoms with Crippen LogP contribution in [0, 0.1) is 0 Å². The largest absolute Gasteiger partial charge is 0.453 e. The number of nitrogens with zero attached hydrogens (tertiary/aromatic N) is 1. The first-order valence-electron chi connectivity index (χ1n) is 6.10. The molecule has 100 valence electrons. The molecule has 1 aromatic carbocycles. The lowest BCUT2D eigenvalue weighted by atomic mass is 10.1. The molecule has 0 saturated heterocycles. The number of benzene rings is 1. The number of carbonyl (C=O) groups is 1. The summed E-state index contributed by atoms with van der Waals surface area (Å²) in [5.74, 6) is 0. The molecule has 1 amide bonds. The summed E-state index contributed by atoms with van der Waals surface area (Å²) in [4.78, 5) is 12.2. The van der Waals surface area contributed by atoms with E-state index in [0.29, 0.717) is 6.04 Å². The van der Waals surface area contributed by atoms with Crippen LogP contribution >= 0.6 is 0 Å². The van der Waals surface area contributed by atoms with Gasteiger partial charge in [0.1, 0.15) is 0 Å². The normalized spacial score (nSPS) is 16.6. The third-order valence-corrected chi connectivity index (χ3v) is 3.11. The summed E-state index contributed by atoms with van der Waals surface area (Å²) in [6.45, 7) is 0. The van der Waals surface area contributed by atoms with Crippen molar-refractivity contribution in [1.29, 1.82) is 0 Å². The Labute approximate surface area is 109 Å². The van der Waals surface area contributed by atoms with Gasteiger partial charge in [-0.2, -0.15) is 0 Å². The second-order valence-electron chi connectivity index (χ2n) is 4.46. The van der Waals surface area contributed by atoms with Gasteiger partial charge >= 0.3 is 6.09 Å². The van der Waals surface area contributed by atoms with Crippen molar-refractivity contribution < 1.29 is 9.53 Å². The van der Waals surface area contributed by atoms with E-state index < -0.39 is 6.09 Å². The quantitative estimate of drug-likeness (QED) is 0.831. The Hall–Kier alpha value is -1.55. The van der Waals surface area contributed by atoms with E-state index in [4.69, 9.17) is 0 Å². The van der Waals surface area contributed by atoms with Crippen molar-refractivity contribution in [3.63, 3.8) is 0 Å². The topological polar surface area (TPSA) is 41.6 Å². The third-order valence-electron chi connectivity index (χ3n) is 3.11. The Balaban J connectivity index is 0.000000232. The fourth-order valence-electron chi connectivity index (χ4n) is 2.17. The smallest absolute Gasteiger partial charge is 0.406 e. The summed E-state index contributed by atoms with van der Waals surface area (Å²) >= 11 is 0. The summed E-state index contributed by atoms with van der Waals surface area (Å²) in [6, 6.07) is 9.44. The second kappa shape index (κ2) is 7.01. The van der Waals surface area contributed by atoms with Crippen molar-refractivity contribution in [2.24, 2.45) is 0 Å². The van der Waals surface area contributed by atoms with E-state index in [1.807, 2.05) is 0 Å². The van der Waals surface area contributed by atoms with Crippen LogP contribution in [0.25, 0.3) is 0 Å². The summed E-state index contributed by atoms with van der Waals surface area (Å²) in [5, 5.41) is 2.25. The van der Waals surface area contributed by atoms with E-state index in [1.165, 1.54) is 38.1 Å². The molecule has 0 aromatic heterocycles. The van der Waals surface area contributed by atoms with Crippen molar-refractivity contribution in [1.82, 2.24) is 10.2 Å². The van der Waals surface area contributed by atoms with Crippen LogP contribution < -0.4 is 5.32 Å². The second-order valence-corrected chi connectivity index (χ2v) is 4.46. The molecule has 4 nitrogen and oxygen atoms in total. The van der Waals surface area contributed by atoms with Crippen LogP contribution in [-0.2, 0) is 11.2 Å². The van der Waals surface area contributed by atoms with E-state index >= 15 is 0 Å². The Kier molecular flexibility index (Phi) is 5.65. The van der Waals surface area contributed by atoms with Gasteiger partial charge in [0.15, 0.2) is 0 Å². The maximum atomic E-state index is 9.85. The minimum Gasteiger partial charge on any atom is -0.453 e. The lowest BCUT2D eigenvalue weighted by Crippen LogP contribution is -2.17. The van der Waals surface area contributed by atoms with Gasteiger partial charge in [-0.05, 0) is 38.1 Å². The number of amides is 1. The Morgan fingerprint density at radius 2 is 2.06 bits per heavy atom. The number of carbonyl (C=O) groups excluding carboxylic acids is 1. The molecular formula is C14H22N2O2. The Bertz CT molecular complexity index is 385. The first kappa shape index (κ1) is 14.5. The molecule has 4 heteroatoms.